The minimum atomic E-state index is -4.37. The zero-order valence-corrected chi connectivity index (χ0v) is 16.5. The third-order valence-electron chi connectivity index (χ3n) is 4.92. The normalized spacial score (nSPS) is 12.8. The number of hydrogen-bond acceptors (Lipinski definition) is 3. The van der Waals surface area contributed by atoms with Crippen molar-refractivity contribution >= 4 is 18.3 Å². The van der Waals surface area contributed by atoms with E-state index in [1.165, 1.54) is 18.3 Å². The molecule has 4 rings (SSSR count). The summed E-state index contributed by atoms with van der Waals surface area (Å²) < 4.78 is 40.2. The second-order valence-electron chi connectivity index (χ2n) is 7.07. The average molecular weight is 420 g/mol. The summed E-state index contributed by atoms with van der Waals surface area (Å²) >= 11 is 0. The van der Waals surface area contributed by atoms with Gasteiger partial charge in [0, 0.05) is 12.0 Å². The van der Waals surface area contributed by atoms with Crippen LogP contribution in [0, 0.1) is 0 Å². The van der Waals surface area contributed by atoms with Crippen LogP contribution in [0.25, 0.3) is 29.6 Å². The molecule has 0 fully saturated rings. The van der Waals surface area contributed by atoms with E-state index in [4.69, 9.17) is 5.73 Å². The fourth-order valence-electron chi connectivity index (χ4n) is 3.30. The summed E-state index contributed by atoms with van der Waals surface area (Å²) in [4.78, 5) is 4.39. The van der Waals surface area contributed by atoms with Gasteiger partial charge in [-0.1, -0.05) is 43.0 Å². The largest absolute Gasteiger partial charge is 0.416 e. The number of rotatable bonds is 4. The lowest BCUT2D eigenvalue weighted by Crippen LogP contribution is -2.23. The number of allylic oxidation sites excluding steroid dienone is 1. The van der Waals surface area contributed by atoms with Crippen LogP contribution in [0.2, 0.25) is 0 Å². The standard InChI is InChI=1S/C24H19F3N4/c1-16-4-5-17(13-19(16)3-2-12-28)14-21-15-29-23-11-10-22(30-31(21)23)18-6-8-20(9-7-18)24(25,26)27/h2-13,15H,1,14,28H2/b12-2-,19-3-. The molecule has 0 aliphatic heterocycles. The third kappa shape index (κ3) is 4.35. The van der Waals surface area contributed by atoms with E-state index in [2.05, 4.69) is 16.7 Å². The van der Waals surface area contributed by atoms with E-state index in [0.717, 1.165) is 33.8 Å². The molecule has 2 heterocycles. The van der Waals surface area contributed by atoms with Crippen LogP contribution in [0.3, 0.4) is 0 Å². The first kappa shape index (κ1) is 20.4. The molecule has 0 saturated carbocycles. The Bertz CT molecular complexity index is 1370. The van der Waals surface area contributed by atoms with Gasteiger partial charge in [-0.15, -0.1) is 0 Å². The topological polar surface area (TPSA) is 56.2 Å². The van der Waals surface area contributed by atoms with Crippen LogP contribution < -0.4 is 16.2 Å². The highest BCUT2D eigenvalue weighted by Gasteiger charge is 2.30. The number of aromatic nitrogens is 3. The molecule has 2 aromatic carbocycles. The molecule has 0 atom stereocenters. The van der Waals surface area contributed by atoms with Crippen molar-refractivity contribution in [3.05, 3.63) is 100 Å². The summed E-state index contributed by atoms with van der Waals surface area (Å²) in [5.41, 5.74) is 8.47. The van der Waals surface area contributed by atoms with Crippen molar-refractivity contribution in [1.29, 1.82) is 0 Å². The zero-order chi connectivity index (χ0) is 22.0. The SMILES string of the molecule is C=c1ccc(Cc2cnc3ccc(-c4ccc(C(F)(F)F)cc4)nn23)c/c1=C/C=C\N. The molecule has 0 unspecified atom stereocenters. The molecule has 156 valence electrons. The molecule has 31 heavy (non-hydrogen) atoms. The number of benzene rings is 2. The number of hydrogen-bond donors (Lipinski definition) is 1. The van der Waals surface area contributed by atoms with Crippen molar-refractivity contribution in [3.63, 3.8) is 0 Å². The van der Waals surface area contributed by atoms with Crippen LogP contribution in [0.15, 0.2) is 73.1 Å². The molecule has 0 radical (unpaired) electrons. The fourth-order valence-corrected chi connectivity index (χ4v) is 3.30. The lowest BCUT2D eigenvalue weighted by Gasteiger charge is -2.08. The van der Waals surface area contributed by atoms with Gasteiger partial charge in [0.05, 0.1) is 23.1 Å². The summed E-state index contributed by atoms with van der Waals surface area (Å²) in [5, 5.41) is 6.46. The van der Waals surface area contributed by atoms with Gasteiger partial charge in [-0.05, 0) is 52.5 Å². The first-order valence-electron chi connectivity index (χ1n) is 9.53. The molecule has 0 aliphatic rings. The molecule has 0 amide bonds. The van der Waals surface area contributed by atoms with Crippen molar-refractivity contribution in [2.24, 2.45) is 5.73 Å². The average Bonchev–Trinajstić information content (AvgIpc) is 3.15. The first-order chi connectivity index (χ1) is 14.8. The maximum Gasteiger partial charge on any atom is 0.416 e. The smallest absolute Gasteiger partial charge is 0.405 e. The Morgan fingerprint density at radius 3 is 2.52 bits per heavy atom. The fraction of sp³-hybridized carbons (Fsp3) is 0.0833. The number of halogens is 3. The van der Waals surface area contributed by atoms with E-state index in [1.54, 1.807) is 28.9 Å². The van der Waals surface area contributed by atoms with Crippen molar-refractivity contribution in [2.45, 2.75) is 12.6 Å². The number of nitrogens with two attached hydrogens (primary N) is 1. The van der Waals surface area contributed by atoms with Gasteiger partial charge in [0.15, 0.2) is 5.65 Å². The summed E-state index contributed by atoms with van der Waals surface area (Å²) in [5.74, 6) is 0. The van der Waals surface area contributed by atoms with Crippen LogP contribution in [-0.4, -0.2) is 14.6 Å². The lowest BCUT2D eigenvalue weighted by molar-refractivity contribution is -0.137. The predicted octanol–water partition coefficient (Wildman–Crippen LogP) is 3.67. The van der Waals surface area contributed by atoms with Gasteiger partial charge >= 0.3 is 6.18 Å². The molecule has 4 aromatic rings. The van der Waals surface area contributed by atoms with Crippen LogP contribution in [0.4, 0.5) is 13.2 Å². The maximum atomic E-state index is 12.8. The molecule has 0 bridgehead atoms. The molecule has 4 nitrogen and oxygen atoms in total. The van der Waals surface area contributed by atoms with Gasteiger partial charge in [-0.2, -0.15) is 18.3 Å². The highest BCUT2D eigenvalue weighted by atomic mass is 19.4. The molecule has 0 saturated heterocycles. The Morgan fingerprint density at radius 1 is 1.03 bits per heavy atom. The Morgan fingerprint density at radius 2 is 1.81 bits per heavy atom. The molecule has 2 N–H and O–H groups in total. The Balaban J connectivity index is 1.69. The van der Waals surface area contributed by atoms with E-state index in [0.29, 0.717) is 23.3 Å². The summed E-state index contributed by atoms with van der Waals surface area (Å²) in [6.45, 7) is 4.02. The zero-order valence-electron chi connectivity index (χ0n) is 16.5. The molecule has 0 spiro atoms. The van der Waals surface area contributed by atoms with Crippen molar-refractivity contribution < 1.29 is 13.2 Å². The van der Waals surface area contributed by atoms with Gasteiger partial charge in [-0.25, -0.2) is 9.50 Å². The van der Waals surface area contributed by atoms with Crippen molar-refractivity contribution in [2.75, 3.05) is 0 Å². The highest BCUT2D eigenvalue weighted by molar-refractivity contribution is 5.61. The molecule has 0 aliphatic carbocycles. The number of nitrogens with zero attached hydrogens (tertiary/aromatic N) is 3. The van der Waals surface area contributed by atoms with Crippen molar-refractivity contribution in [1.82, 2.24) is 14.6 Å². The van der Waals surface area contributed by atoms with E-state index in [-0.39, 0.29) is 0 Å². The van der Waals surface area contributed by atoms with Gasteiger partial charge in [0.1, 0.15) is 0 Å². The summed E-state index contributed by atoms with van der Waals surface area (Å²) in [6, 6.07) is 14.5. The van der Waals surface area contributed by atoms with Gasteiger partial charge in [0.25, 0.3) is 0 Å². The molecular weight excluding hydrogens is 401 g/mol. The van der Waals surface area contributed by atoms with Crippen LogP contribution in [0.5, 0.6) is 0 Å². The highest BCUT2D eigenvalue weighted by Crippen LogP contribution is 2.30. The Kier molecular flexibility index (Phi) is 5.33. The predicted molar refractivity (Wildman–Crippen MR) is 115 cm³/mol. The minimum absolute atomic E-state index is 0.565. The van der Waals surface area contributed by atoms with Crippen LogP contribution in [0.1, 0.15) is 16.8 Å². The second kappa shape index (κ2) is 8.10. The maximum absolute atomic E-state index is 12.8. The van der Waals surface area contributed by atoms with Crippen molar-refractivity contribution in [3.8, 4) is 11.3 Å². The molecule has 7 heteroatoms. The van der Waals surface area contributed by atoms with Gasteiger partial charge in [-0.3, -0.25) is 0 Å². The summed E-state index contributed by atoms with van der Waals surface area (Å²) in [7, 11) is 0. The van der Waals surface area contributed by atoms with E-state index in [9.17, 15) is 13.2 Å². The second-order valence-corrected chi connectivity index (χ2v) is 7.07. The van der Waals surface area contributed by atoms with Gasteiger partial charge in [0.2, 0.25) is 0 Å². The molecular formula is C24H19F3N4. The number of fused-ring (bicyclic) bond motifs is 1. The first-order valence-corrected chi connectivity index (χ1v) is 9.53. The number of imidazole rings is 1. The van der Waals surface area contributed by atoms with Crippen LogP contribution >= 0.6 is 0 Å². The minimum Gasteiger partial charge on any atom is -0.405 e. The molecule has 2 aromatic heterocycles. The Labute approximate surface area is 176 Å². The quantitative estimate of drug-likeness (QED) is 0.548. The summed E-state index contributed by atoms with van der Waals surface area (Å²) in [6.07, 6.45) is 3.07. The van der Waals surface area contributed by atoms with E-state index >= 15 is 0 Å². The van der Waals surface area contributed by atoms with E-state index < -0.39 is 11.7 Å². The monoisotopic (exact) mass is 420 g/mol. The van der Waals surface area contributed by atoms with Crippen LogP contribution in [-0.2, 0) is 12.6 Å². The third-order valence-corrected chi connectivity index (χ3v) is 4.92. The number of alkyl halides is 3. The Hall–Kier alpha value is -3.87. The van der Waals surface area contributed by atoms with E-state index in [1.807, 2.05) is 24.3 Å². The lowest BCUT2D eigenvalue weighted by atomic mass is 10.1. The van der Waals surface area contributed by atoms with Gasteiger partial charge < -0.3 is 5.73 Å².